The van der Waals surface area contributed by atoms with Gasteiger partial charge in [0.05, 0.1) is 22.5 Å². The van der Waals surface area contributed by atoms with Gasteiger partial charge in [0, 0.05) is 12.2 Å². The summed E-state index contributed by atoms with van der Waals surface area (Å²) in [4.78, 5) is 4.24. The smallest absolute Gasteiger partial charge is 0.0830 e. The van der Waals surface area contributed by atoms with E-state index in [0.717, 1.165) is 15.9 Å². The van der Waals surface area contributed by atoms with Crippen molar-refractivity contribution in [1.82, 2.24) is 4.98 Å². The number of anilines is 1. The zero-order chi connectivity index (χ0) is 9.97. The average molecular weight is 208 g/mol. The molecule has 0 bridgehead atoms. The lowest BCUT2D eigenvalue weighted by molar-refractivity contribution is 0.281. The second-order valence-corrected chi connectivity index (χ2v) is 4.14. The van der Waals surface area contributed by atoms with E-state index < -0.39 is 0 Å². The molecule has 0 amide bonds. The van der Waals surface area contributed by atoms with Crippen molar-refractivity contribution >= 4 is 27.2 Å². The van der Waals surface area contributed by atoms with E-state index in [2.05, 4.69) is 10.3 Å². The Bertz CT molecular complexity index is 427. The van der Waals surface area contributed by atoms with Crippen LogP contribution in [0.4, 0.5) is 5.69 Å². The van der Waals surface area contributed by atoms with E-state index in [-0.39, 0.29) is 12.6 Å². The largest absolute Gasteiger partial charge is 0.394 e. The highest BCUT2D eigenvalue weighted by atomic mass is 32.1. The topological polar surface area (TPSA) is 45.1 Å². The molecular weight excluding hydrogens is 196 g/mol. The SMILES string of the molecule is CC(CO)Nc1ccnc2ccsc12. The fourth-order valence-corrected chi connectivity index (χ4v) is 2.13. The Kier molecular flexibility index (Phi) is 2.65. The fourth-order valence-electron chi connectivity index (χ4n) is 1.30. The Hall–Kier alpha value is -1.13. The van der Waals surface area contributed by atoms with Crippen LogP contribution in [0.1, 0.15) is 6.92 Å². The molecule has 14 heavy (non-hydrogen) atoms. The minimum Gasteiger partial charge on any atom is -0.394 e. The molecule has 0 aromatic carbocycles. The summed E-state index contributed by atoms with van der Waals surface area (Å²) < 4.78 is 1.15. The Labute approximate surface area is 86.4 Å². The van der Waals surface area contributed by atoms with Crippen LogP contribution in [0.5, 0.6) is 0 Å². The van der Waals surface area contributed by atoms with Crippen molar-refractivity contribution < 1.29 is 5.11 Å². The monoisotopic (exact) mass is 208 g/mol. The summed E-state index contributed by atoms with van der Waals surface area (Å²) in [6.45, 7) is 2.08. The lowest BCUT2D eigenvalue weighted by Gasteiger charge is -2.12. The van der Waals surface area contributed by atoms with Gasteiger partial charge in [0.15, 0.2) is 0 Å². The molecule has 2 heterocycles. The number of aromatic nitrogens is 1. The molecule has 0 aliphatic carbocycles. The van der Waals surface area contributed by atoms with E-state index in [1.165, 1.54) is 0 Å². The standard InChI is InChI=1S/C10H12N2OS/c1-7(6-13)12-9-2-4-11-8-3-5-14-10(8)9/h2-5,7,13H,6H2,1H3,(H,11,12). The van der Waals surface area contributed by atoms with Gasteiger partial charge in [-0.2, -0.15) is 0 Å². The number of pyridine rings is 1. The third kappa shape index (κ3) is 1.71. The molecule has 2 aromatic heterocycles. The molecule has 74 valence electrons. The summed E-state index contributed by atoms with van der Waals surface area (Å²) in [5.74, 6) is 0. The van der Waals surface area contributed by atoms with Crippen LogP contribution in [-0.4, -0.2) is 22.7 Å². The molecular formula is C10H12N2OS. The van der Waals surface area contributed by atoms with Crippen LogP contribution in [0.25, 0.3) is 10.2 Å². The van der Waals surface area contributed by atoms with Crippen molar-refractivity contribution in [3.63, 3.8) is 0 Å². The molecule has 0 saturated carbocycles. The Balaban J connectivity index is 2.36. The van der Waals surface area contributed by atoms with E-state index in [4.69, 9.17) is 5.11 Å². The average Bonchev–Trinajstić information content (AvgIpc) is 2.66. The molecule has 2 rings (SSSR count). The van der Waals surface area contributed by atoms with Crippen molar-refractivity contribution in [3.8, 4) is 0 Å². The number of hydrogen-bond donors (Lipinski definition) is 2. The second kappa shape index (κ2) is 3.94. The normalized spacial score (nSPS) is 13.0. The quantitative estimate of drug-likeness (QED) is 0.811. The number of hydrogen-bond acceptors (Lipinski definition) is 4. The molecule has 2 aromatic rings. The van der Waals surface area contributed by atoms with Gasteiger partial charge in [-0.1, -0.05) is 0 Å². The van der Waals surface area contributed by atoms with Crippen molar-refractivity contribution in [3.05, 3.63) is 23.7 Å². The van der Waals surface area contributed by atoms with Crippen LogP contribution in [0, 0.1) is 0 Å². The maximum absolute atomic E-state index is 8.94. The first-order chi connectivity index (χ1) is 6.81. The van der Waals surface area contributed by atoms with Crippen LogP contribution >= 0.6 is 11.3 Å². The highest BCUT2D eigenvalue weighted by Crippen LogP contribution is 2.26. The molecule has 0 aliphatic rings. The van der Waals surface area contributed by atoms with Crippen molar-refractivity contribution in [2.45, 2.75) is 13.0 Å². The molecule has 0 saturated heterocycles. The lowest BCUT2D eigenvalue weighted by Crippen LogP contribution is -2.19. The van der Waals surface area contributed by atoms with Crippen molar-refractivity contribution in [1.29, 1.82) is 0 Å². The summed E-state index contributed by atoms with van der Waals surface area (Å²) >= 11 is 1.66. The van der Waals surface area contributed by atoms with Gasteiger partial charge in [-0.3, -0.25) is 4.98 Å². The molecule has 0 spiro atoms. The summed E-state index contributed by atoms with van der Waals surface area (Å²) in [6, 6.07) is 4.00. The van der Waals surface area contributed by atoms with E-state index >= 15 is 0 Å². The molecule has 2 N–H and O–H groups in total. The predicted molar refractivity (Wildman–Crippen MR) is 59.8 cm³/mol. The Morgan fingerprint density at radius 2 is 2.43 bits per heavy atom. The van der Waals surface area contributed by atoms with Gasteiger partial charge in [0.1, 0.15) is 0 Å². The van der Waals surface area contributed by atoms with Crippen LogP contribution in [0.3, 0.4) is 0 Å². The van der Waals surface area contributed by atoms with E-state index in [9.17, 15) is 0 Å². The number of aliphatic hydroxyl groups excluding tert-OH is 1. The highest BCUT2D eigenvalue weighted by molar-refractivity contribution is 7.17. The van der Waals surface area contributed by atoms with Gasteiger partial charge in [-0.05, 0) is 24.4 Å². The minimum atomic E-state index is 0.0719. The van der Waals surface area contributed by atoms with Gasteiger partial charge in [-0.25, -0.2) is 0 Å². The summed E-state index contributed by atoms with van der Waals surface area (Å²) in [5, 5.41) is 14.2. The molecule has 0 fully saturated rings. The Morgan fingerprint density at radius 3 is 3.21 bits per heavy atom. The lowest BCUT2D eigenvalue weighted by atomic mass is 10.3. The predicted octanol–water partition coefficient (Wildman–Crippen LogP) is 2.09. The first-order valence-electron chi connectivity index (χ1n) is 4.51. The molecule has 0 aliphatic heterocycles. The number of nitrogens with zero attached hydrogens (tertiary/aromatic N) is 1. The van der Waals surface area contributed by atoms with Crippen LogP contribution < -0.4 is 5.32 Å². The maximum Gasteiger partial charge on any atom is 0.0830 e. The molecule has 0 radical (unpaired) electrons. The van der Waals surface area contributed by atoms with Gasteiger partial charge >= 0.3 is 0 Å². The maximum atomic E-state index is 8.94. The molecule has 3 nitrogen and oxygen atoms in total. The van der Waals surface area contributed by atoms with E-state index in [0.29, 0.717) is 0 Å². The zero-order valence-corrected chi connectivity index (χ0v) is 8.71. The molecule has 4 heteroatoms. The number of fused-ring (bicyclic) bond motifs is 1. The minimum absolute atomic E-state index is 0.0719. The highest BCUT2D eigenvalue weighted by Gasteiger charge is 2.05. The van der Waals surface area contributed by atoms with Gasteiger partial charge in [-0.15, -0.1) is 11.3 Å². The van der Waals surface area contributed by atoms with E-state index in [1.54, 1.807) is 17.5 Å². The summed E-state index contributed by atoms with van der Waals surface area (Å²) in [6.07, 6.45) is 1.78. The first-order valence-corrected chi connectivity index (χ1v) is 5.39. The van der Waals surface area contributed by atoms with Gasteiger partial charge in [0.25, 0.3) is 0 Å². The summed E-state index contributed by atoms with van der Waals surface area (Å²) in [7, 11) is 0. The Morgan fingerprint density at radius 1 is 1.57 bits per heavy atom. The second-order valence-electron chi connectivity index (χ2n) is 3.22. The molecule has 1 atom stereocenters. The number of thiophene rings is 1. The summed E-state index contributed by atoms with van der Waals surface area (Å²) in [5.41, 5.74) is 2.05. The van der Waals surface area contributed by atoms with Crippen LogP contribution in [0.2, 0.25) is 0 Å². The number of rotatable bonds is 3. The number of nitrogens with one attached hydrogen (secondary N) is 1. The third-order valence-corrected chi connectivity index (χ3v) is 2.96. The van der Waals surface area contributed by atoms with Crippen LogP contribution in [-0.2, 0) is 0 Å². The van der Waals surface area contributed by atoms with Crippen LogP contribution in [0.15, 0.2) is 23.7 Å². The number of aliphatic hydroxyl groups is 1. The third-order valence-electron chi connectivity index (χ3n) is 2.02. The molecule has 1 unspecified atom stereocenters. The van der Waals surface area contributed by atoms with Gasteiger partial charge < -0.3 is 10.4 Å². The van der Waals surface area contributed by atoms with Gasteiger partial charge in [0.2, 0.25) is 0 Å². The van der Waals surface area contributed by atoms with Crippen molar-refractivity contribution in [2.24, 2.45) is 0 Å². The van der Waals surface area contributed by atoms with Crippen molar-refractivity contribution in [2.75, 3.05) is 11.9 Å². The zero-order valence-electron chi connectivity index (χ0n) is 7.90. The van der Waals surface area contributed by atoms with E-state index in [1.807, 2.05) is 24.4 Å². The fraction of sp³-hybridized carbons (Fsp3) is 0.300. The first kappa shape index (κ1) is 9.43.